The number of nitrogens with one attached hydrogen (secondary N) is 1. The average Bonchev–Trinajstić information content (AvgIpc) is 2.04. The molecule has 1 amide bonds. The van der Waals surface area contributed by atoms with E-state index < -0.39 is 0 Å². The van der Waals surface area contributed by atoms with E-state index >= 15 is 0 Å². The highest BCUT2D eigenvalue weighted by Crippen LogP contribution is 1.82. The lowest BCUT2D eigenvalue weighted by Gasteiger charge is -2.08. The summed E-state index contributed by atoms with van der Waals surface area (Å²) in [6.07, 6.45) is 3.27. The average molecular weight is 174 g/mol. The zero-order chi connectivity index (χ0) is 8.69. The molecule has 0 aromatic heterocycles. The smallest absolute Gasteiger partial charge is 0.253 e. The quantitative estimate of drug-likeness (QED) is 0.479. The minimum atomic E-state index is -0.183. The summed E-state index contributed by atoms with van der Waals surface area (Å²) in [5, 5.41) is 0. The zero-order valence-corrected chi connectivity index (χ0v) is 7.77. The second kappa shape index (κ2) is 6.24. The predicted molar refractivity (Wildman–Crippen MR) is 49.4 cm³/mol. The fraction of sp³-hybridized carbons (Fsp3) is 0.571. The Morgan fingerprint density at radius 3 is 2.82 bits per heavy atom. The van der Waals surface area contributed by atoms with Crippen LogP contribution in [0.1, 0.15) is 6.92 Å². The summed E-state index contributed by atoms with van der Waals surface area (Å²) in [4.78, 5) is 12.7. The monoisotopic (exact) mass is 174 g/mol. The maximum absolute atomic E-state index is 10.6. The summed E-state index contributed by atoms with van der Waals surface area (Å²) in [5.41, 5.74) is 0. The van der Waals surface area contributed by atoms with Crippen LogP contribution in [0, 0.1) is 0 Å². The molecular weight excluding hydrogens is 160 g/mol. The van der Waals surface area contributed by atoms with Gasteiger partial charge in [0.15, 0.2) is 0 Å². The van der Waals surface area contributed by atoms with E-state index in [0.717, 1.165) is 13.1 Å². The van der Waals surface area contributed by atoms with Crippen LogP contribution in [0.15, 0.2) is 12.2 Å². The Morgan fingerprint density at radius 1 is 1.73 bits per heavy atom. The van der Waals surface area contributed by atoms with Crippen molar-refractivity contribution in [3.63, 3.8) is 0 Å². The molecule has 0 aromatic rings. The molecule has 0 aromatic carbocycles. The maximum atomic E-state index is 10.6. The molecule has 64 valence electrons. The van der Waals surface area contributed by atoms with Crippen LogP contribution in [0.5, 0.6) is 0 Å². The van der Waals surface area contributed by atoms with Crippen molar-refractivity contribution in [2.75, 3.05) is 20.1 Å². The van der Waals surface area contributed by atoms with E-state index in [1.807, 2.05) is 7.05 Å². The largest absolute Gasteiger partial charge is 0.303 e. The van der Waals surface area contributed by atoms with Crippen molar-refractivity contribution in [1.82, 2.24) is 9.62 Å². The molecule has 0 unspecified atom stereocenters. The number of nitrogens with zero attached hydrogens (tertiary/aromatic N) is 1. The summed E-state index contributed by atoms with van der Waals surface area (Å²) in [5.74, 6) is -0.183. The summed E-state index contributed by atoms with van der Waals surface area (Å²) < 4.78 is 2.21. The van der Waals surface area contributed by atoms with Crippen LogP contribution < -0.4 is 4.72 Å². The van der Waals surface area contributed by atoms with E-state index in [9.17, 15) is 4.79 Å². The highest BCUT2D eigenvalue weighted by Gasteiger charge is 1.90. The second-order valence-electron chi connectivity index (χ2n) is 2.23. The van der Waals surface area contributed by atoms with Gasteiger partial charge in [0.05, 0.1) is 0 Å². The fourth-order valence-corrected chi connectivity index (χ4v) is 0.581. The standard InChI is InChI=1S/C7H14N2OS/c1-3-9(2)6-4-5-7(10)8-11/h4-5,11H,3,6H2,1-2H3,(H,8,10)/b5-4+. The van der Waals surface area contributed by atoms with Gasteiger partial charge < -0.3 is 4.90 Å². The molecule has 0 aliphatic heterocycles. The molecule has 3 nitrogen and oxygen atoms in total. The number of carbonyl (C=O) groups is 1. The van der Waals surface area contributed by atoms with Gasteiger partial charge in [0.2, 0.25) is 0 Å². The van der Waals surface area contributed by atoms with Crippen molar-refractivity contribution in [2.24, 2.45) is 0 Å². The summed E-state index contributed by atoms with van der Waals surface area (Å²) in [6, 6.07) is 0. The molecule has 0 bridgehead atoms. The van der Waals surface area contributed by atoms with Crippen molar-refractivity contribution in [2.45, 2.75) is 6.92 Å². The van der Waals surface area contributed by atoms with Crippen LogP contribution in [-0.4, -0.2) is 30.9 Å². The molecule has 0 spiro atoms. The van der Waals surface area contributed by atoms with Gasteiger partial charge in [-0.05, 0) is 13.6 Å². The van der Waals surface area contributed by atoms with Gasteiger partial charge in [-0.2, -0.15) is 0 Å². The lowest BCUT2D eigenvalue weighted by atomic mass is 10.4. The topological polar surface area (TPSA) is 32.3 Å². The molecule has 0 saturated carbocycles. The number of thiol groups is 1. The third-order valence-corrected chi connectivity index (χ3v) is 1.56. The Labute approximate surface area is 73.0 Å². The van der Waals surface area contributed by atoms with E-state index in [4.69, 9.17) is 0 Å². The van der Waals surface area contributed by atoms with Gasteiger partial charge in [-0.1, -0.05) is 25.8 Å². The number of carbonyl (C=O) groups excluding carboxylic acids is 1. The maximum Gasteiger partial charge on any atom is 0.253 e. The van der Waals surface area contributed by atoms with E-state index in [-0.39, 0.29) is 5.91 Å². The lowest BCUT2D eigenvalue weighted by Crippen LogP contribution is -2.17. The highest BCUT2D eigenvalue weighted by atomic mass is 32.1. The molecule has 0 radical (unpaired) electrons. The van der Waals surface area contributed by atoms with Gasteiger partial charge in [0.25, 0.3) is 5.91 Å². The van der Waals surface area contributed by atoms with Crippen LogP contribution in [0.3, 0.4) is 0 Å². The number of hydrogen-bond donors (Lipinski definition) is 2. The van der Waals surface area contributed by atoms with E-state index in [1.54, 1.807) is 6.08 Å². The van der Waals surface area contributed by atoms with Crippen molar-refractivity contribution in [3.8, 4) is 0 Å². The number of hydrogen-bond acceptors (Lipinski definition) is 3. The molecule has 0 aliphatic rings. The number of amides is 1. The van der Waals surface area contributed by atoms with Crippen molar-refractivity contribution in [1.29, 1.82) is 0 Å². The van der Waals surface area contributed by atoms with Crippen LogP contribution in [0.4, 0.5) is 0 Å². The minimum absolute atomic E-state index is 0.183. The molecule has 1 N–H and O–H groups in total. The first-order chi connectivity index (χ1) is 5.20. The predicted octanol–water partition coefficient (Wildman–Crippen LogP) is 0.455. The van der Waals surface area contributed by atoms with Crippen LogP contribution in [0.25, 0.3) is 0 Å². The third-order valence-electron chi connectivity index (χ3n) is 1.34. The van der Waals surface area contributed by atoms with Gasteiger partial charge in [-0.15, -0.1) is 0 Å². The van der Waals surface area contributed by atoms with Crippen molar-refractivity contribution >= 4 is 18.7 Å². The molecule has 4 heteroatoms. The van der Waals surface area contributed by atoms with Crippen molar-refractivity contribution in [3.05, 3.63) is 12.2 Å². The van der Waals surface area contributed by atoms with Gasteiger partial charge >= 0.3 is 0 Å². The molecular formula is C7H14N2OS. The number of rotatable bonds is 4. The fourth-order valence-electron chi connectivity index (χ4n) is 0.506. The molecule has 0 fully saturated rings. The van der Waals surface area contributed by atoms with Gasteiger partial charge in [-0.25, -0.2) is 0 Å². The molecule has 0 atom stereocenters. The van der Waals surface area contributed by atoms with E-state index in [2.05, 4.69) is 29.4 Å². The first-order valence-electron chi connectivity index (χ1n) is 3.49. The molecule has 0 heterocycles. The van der Waals surface area contributed by atoms with Crippen molar-refractivity contribution < 1.29 is 4.79 Å². The Morgan fingerprint density at radius 2 is 2.36 bits per heavy atom. The number of likely N-dealkylation sites (N-methyl/N-ethyl adjacent to an activating group) is 1. The normalized spacial score (nSPS) is 10.9. The van der Waals surface area contributed by atoms with Gasteiger partial charge in [-0.3, -0.25) is 9.52 Å². The Balaban J connectivity index is 3.51. The summed E-state index contributed by atoms with van der Waals surface area (Å²) in [7, 11) is 1.99. The molecule has 0 rings (SSSR count). The van der Waals surface area contributed by atoms with Crippen LogP contribution in [0.2, 0.25) is 0 Å². The minimum Gasteiger partial charge on any atom is -0.303 e. The Kier molecular flexibility index (Phi) is 5.97. The lowest BCUT2D eigenvalue weighted by molar-refractivity contribution is -0.114. The SMILES string of the molecule is CCN(C)C/C=C/C(=O)NS. The summed E-state index contributed by atoms with van der Waals surface area (Å²) in [6.45, 7) is 3.83. The third kappa shape index (κ3) is 5.94. The highest BCUT2D eigenvalue weighted by molar-refractivity contribution is 7.78. The van der Waals surface area contributed by atoms with E-state index in [0.29, 0.717) is 0 Å². The Hall–Kier alpha value is -0.480. The van der Waals surface area contributed by atoms with Gasteiger partial charge in [0, 0.05) is 12.6 Å². The first-order valence-corrected chi connectivity index (χ1v) is 3.94. The molecule has 0 saturated heterocycles. The molecule has 0 aliphatic carbocycles. The molecule has 11 heavy (non-hydrogen) atoms. The Bertz CT molecular complexity index is 147. The second-order valence-corrected chi connectivity index (χ2v) is 2.46. The van der Waals surface area contributed by atoms with Gasteiger partial charge in [0.1, 0.15) is 0 Å². The first kappa shape index (κ1) is 10.5. The van der Waals surface area contributed by atoms with E-state index in [1.165, 1.54) is 6.08 Å². The van der Waals surface area contributed by atoms with Crippen LogP contribution in [-0.2, 0) is 4.79 Å². The van der Waals surface area contributed by atoms with Crippen LogP contribution >= 0.6 is 12.8 Å². The zero-order valence-electron chi connectivity index (χ0n) is 6.87. The summed E-state index contributed by atoms with van der Waals surface area (Å²) >= 11 is 3.60.